The molecule has 2 unspecified atom stereocenters. The minimum absolute atomic E-state index is 0.202. The molecule has 2 amide bonds. The maximum atomic E-state index is 13.3. The first kappa shape index (κ1) is 21.5. The summed E-state index contributed by atoms with van der Waals surface area (Å²) in [5.74, 6) is -0.972. The molecule has 2 aromatic carbocycles. The third kappa shape index (κ3) is 3.73. The highest BCUT2D eigenvalue weighted by atomic mass is 35.5. The molecule has 0 radical (unpaired) electrons. The maximum absolute atomic E-state index is 13.3. The summed E-state index contributed by atoms with van der Waals surface area (Å²) in [7, 11) is 0. The quantitative estimate of drug-likeness (QED) is 0.647. The van der Waals surface area contributed by atoms with E-state index in [9.17, 15) is 14.7 Å². The van der Waals surface area contributed by atoms with Crippen molar-refractivity contribution in [1.82, 2.24) is 5.32 Å². The minimum atomic E-state index is -0.976. The highest BCUT2D eigenvalue weighted by molar-refractivity contribution is 6.35. The minimum Gasteiger partial charge on any atom is -0.481 e. The number of hydrogen-bond acceptors (Lipinski definition) is 3. The lowest BCUT2D eigenvalue weighted by Crippen LogP contribution is -2.64. The van der Waals surface area contributed by atoms with Crippen molar-refractivity contribution in [1.29, 1.82) is 5.26 Å². The molecular weight excluding hydrogens is 437 g/mol. The zero-order valence-electron chi connectivity index (χ0n) is 16.7. The van der Waals surface area contributed by atoms with Crippen molar-refractivity contribution in [3.63, 3.8) is 0 Å². The molecule has 0 bridgehead atoms. The average Bonchev–Trinajstić information content (AvgIpc) is 2.94. The lowest BCUT2D eigenvalue weighted by atomic mass is 9.63. The number of amides is 2. The fourth-order valence-electron chi connectivity index (χ4n) is 5.24. The molecule has 2 aliphatic rings. The number of carbonyl (C=O) groups excluding carboxylic acids is 1. The monoisotopic (exact) mass is 457 g/mol. The van der Waals surface area contributed by atoms with Gasteiger partial charge in [0, 0.05) is 15.7 Å². The number of benzene rings is 2. The number of carbonyl (C=O) groups is 2. The molecule has 1 aliphatic carbocycles. The summed E-state index contributed by atoms with van der Waals surface area (Å²) in [6.07, 6.45) is 3.13. The molecule has 0 spiro atoms. The molecule has 2 aromatic rings. The summed E-state index contributed by atoms with van der Waals surface area (Å²) >= 11 is 12.4. The van der Waals surface area contributed by atoms with Gasteiger partial charge >= 0.3 is 12.0 Å². The van der Waals surface area contributed by atoms with Crippen molar-refractivity contribution < 1.29 is 14.7 Å². The highest BCUT2D eigenvalue weighted by Gasteiger charge is 2.64. The summed E-state index contributed by atoms with van der Waals surface area (Å²) in [6, 6.07) is 13.8. The van der Waals surface area contributed by atoms with Crippen LogP contribution in [0.5, 0.6) is 0 Å². The molecule has 1 saturated carbocycles. The standard InChI is InChI=1S/C23H21Cl2N3O3/c24-17-9-18(25)11-19(10-17)28-21(31)27-22(12-15-3-5-16(14-26)6-4-15)7-1-2-8-23(22,28)13-20(29)30/h3-6,9-11H,1-2,7-8,12-13H2,(H,27,31)(H,29,30). The Balaban J connectivity index is 1.85. The van der Waals surface area contributed by atoms with E-state index < -0.39 is 17.0 Å². The van der Waals surface area contributed by atoms with E-state index in [-0.39, 0.29) is 12.5 Å². The molecule has 2 fully saturated rings. The van der Waals surface area contributed by atoms with Gasteiger partial charge in [-0.2, -0.15) is 5.26 Å². The molecule has 8 heteroatoms. The molecule has 31 heavy (non-hydrogen) atoms. The Bertz CT molecular complexity index is 1060. The normalized spacial score (nSPS) is 24.9. The van der Waals surface area contributed by atoms with Crippen LogP contribution in [0.2, 0.25) is 10.0 Å². The van der Waals surface area contributed by atoms with Crippen LogP contribution in [0.25, 0.3) is 0 Å². The lowest BCUT2D eigenvalue weighted by molar-refractivity contribution is -0.139. The van der Waals surface area contributed by atoms with Gasteiger partial charge in [0.2, 0.25) is 0 Å². The highest BCUT2D eigenvalue weighted by Crippen LogP contribution is 2.51. The number of nitrogens with one attached hydrogen (secondary N) is 1. The maximum Gasteiger partial charge on any atom is 0.323 e. The van der Waals surface area contributed by atoms with Crippen LogP contribution in [0.15, 0.2) is 42.5 Å². The van der Waals surface area contributed by atoms with Gasteiger partial charge in [-0.1, -0.05) is 48.2 Å². The number of nitrogens with zero attached hydrogens (tertiary/aromatic N) is 2. The third-order valence-corrected chi connectivity index (χ3v) is 6.89. The molecule has 1 aliphatic heterocycles. The zero-order chi connectivity index (χ0) is 22.2. The number of fused-ring (bicyclic) bond motifs is 1. The van der Waals surface area contributed by atoms with Crippen LogP contribution in [0.4, 0.5) is 10.5 Å². The lowest BCUT2D eigenvalue weighted by Gasteiger charge is -2.51. The van der Waals surface area contributed by atoms with Gasteiger partial charge in [-0.15, -0.1) is 0 Å². The summed E-state index contributed by atoms with van der Waals surface area (Å²) in [5, 5.41) is 22.8. The van der Waals surface area contributed by atoms with Crippen LogP contribution in [-0.4, -0.2) is 28.2 Å². The predicted octanol–water partition coefficient (Wildman–Crippen LogP) is 5.16. The van der Waals surface area contributed by atoms with Crippen LogP contribution < -0.4 is 10.2 Å². The SMILES string of the molecule is N#Cc1ccc(CC23CCCCC2(CC(=O)O)N(c2cc(Cl)cc(Cl)c2)C(=O)N3)cc1. The Morgan fingerprint density at radius 2 is 1.77 bits per heavy atom. The van der Waals surface area contributed by atoms with Crippen LogP contribution in [-0.2, 0) is 11.2 Å². The van der Waals surface area contributed by atoms with E-state index in [1.807, 2.05) is 12.1 Å². The number of nitriles is 1. The molecule has 4 rings (SSSR count). The number of anilines is 1. The molecule has 2 atom stereocenters. The fraction of sp³-hybridized carbons (Fsp3) is 0.348. The van der Waals surface area contributed by atoms with Crippen molar-refractivity contribution in [2.45, 2.75) is 49.6 Å². The van der Waals surface area contributed by atoms with Crippen molar-refractivity contribution in [2.24, 2.45) is 0 Å². The first-order valence-electron chi connectivity index (χ1n) is 10.1. The summed E-state index contributed by atoms with van der Waals surface area (Å²) in [6.45, 7) is 0. The number of carboxylic acid groups (broad SMARTS) is 1. The second-order valence-corrected chi connectivity index (χ2v) is 9.14. The number of hydrogen-bond donors (Lipinski definition) is 2. The molecule has 160 valence electrons. The summed E-state index contributed by atoms with van der Waals surface area (Å²) in [5.41, 5.74) is 0.217. The second kappa shape index (κ2) is 8.07. The van der Waals surface area contributed by atoms with E-state index in [1.54, 1.807) is 35.2 Å². The van der Waals surface area contributed by atoms with Crippen LogP contribution in [0, 0.1) is 11.3 Å². The van der Waals surface area contributed by atoms with Crippen LogP contribution in [0.3, 0.4) is 0 Å². The molecule has 0 aromatic heterocycles. The van der Waals surface area contributed by atoms with Crippen molar-refractivity contribution in [3.05, 3.63) is 63.6 Å². The van der Waals surface area contributed by atoms with Gasteiger partial charge in [-0.3, -0.25) is 9.69 Å². The first-order chi connectivity index (χ1) is 14.8. The van der Waals surface area contributed by atoms with E-state index in [1.165, 1.54) is 0 Å². The van der Waals surface area contributed by atoms with Crippen LogP contribution in [0.1, 0.15) is 43.2 Å². The van der Waals surface area contributed by atoms with E-state index in [0.29, 0.717) is 40.6 Å². The number of aliphatic carboxylic acids is 1. The van der Waals surface area contributed by atoms with Gasteiger partial charge in [0.1, 0.15) is 0 Å². The molecule has 1 heterocycles. The summed E-state index contributed by atoms with van der Waals surface area (Å²) < 4.78 is 0. The molecule has 2 N–H and O–H groups in total. The van der Waals surface area contributed by atoms with Gasteiger partial charge in [0.25, 0.3) is 0 Å². The number of urea groups is 1. The average molecular weight is 458 g/mol. The molecular formula is C23H21Cl2N3O3. The van der Waals surface area contributed by atoms with Gasteiger partial charge in [0.15, 0.2) is 0 Å². The van der Waals surface area contributed by atoms with Crippen molar-refractivity contribution >= 4 is 40.9 Å². The van der Waals surface area contributed by atoms with Gasteiger partial charge in [0.05, 0.1) is 29.1 Å². The Kier molecular flexibility index (Phi) is 5.59. The topological polar surface area (TPSA) is 93.4 Å². The van der Waals surface area contributed by atoms with E-state index in [0.717, 1.165) is 18.4 Å². The number of rotatable bonds is 5. The van der Waals surface area contributed by atoms with Crippen LogP contribution >= 0.6 is 23.2 Å². The van der Waals surface area contributed by atoms with Crippen molar-refractivity contribution in [3.8, 4) is 6.07 Å². The van der Waals surface area contributed by atoms with E-state index >= 15 is 0 Å². The predicted molar refractivity (Wildman–Crippen MR) is 119 cm³/mol. The Hall–Kier alpha value is -2.75. The van der Waals surface area contributed by atoms with Gasteiger partial charge in [-0.25, -0.2) is 4.79 Å². The largest absolute Gasteiger partial charge is 0.481 e. The van der Waals surface area contributed by atoms with Crippen molar-refractivity contribution in [2.75, 3.05) is 4.90 Å². The Morgan fingerprint density at radius 1 is 1.13 bits per heavy atom. The molecule has 1 saturated heterocycles. The fourth-order valence-corrected chi connectivity index (χ4v) is 5.75. The van der Waals surface area contributed by atoms with Gasteiger partial charge < -0.3 is 10.4 Å². The molecule has 6 nitrogen and oxygen atoms in total. The zero-order valence-corrected chi connectivity index (χ0v) is 18.2. The number of carboxylic acids is 1. The van der Waals surface area contributed by atoms with Gasteiger partial charge in [-0.05, 0) is 55.2 Å². The Labute approximate surface area is 190 Å². The Morgan fingerprint density at radius 3 is 2.39 bits per heavy atom. The second-order valence-electron chi connectivity index (χ2n) is 8.27. The summed E-state index contributed by atoms with van der Waals surface area (Å²) in [4.78, 5) is 26.9. The van der Waals surface area contributed by atoms with E-state index in [4.69, 9.17) is 28.5 Å². The first-order valence-corrected chi connectivity index (χ1v) is 10.8. The van der Waals surface area contributed by atoms with E-state index in [2.05, 4.69) is 11.4 Å². The third-order valence-electron chi connectivity index (χ3n) is 6.45. The number of halogens is 2. The smallest absolute Gasteiger partial charge is 0.323 e.